The minimum absolute atomic E-state index is 0.597. The molecule has 1 atom stereocenters. The summed E-state index contributed by atoms with van der Waals surface area (Å²) in [6.07, 6.45) is 20.4. The molecule has 1 heterocycles. The summed E-state index contributed by atoms with van der Waals surface area (Å²) in [7, 11) is 0. The normalized spacial score (nSPS) is 12.0. The lowest BCUT2D eigenvalue weighted by Crippen LogP contribution is -2.02. The van der Waals surface area contributed by atoms with Crippen LogP contribution in [0.25, 0.3) is 11.3 Å². The molecule has 2 aromatic rings. The largest absolute Gasteiger partial charge is 0.494 e. The number of unbranched alkanes of at least 4 members (excludes halogenated alkanes) is 9. The van der Waals surface area contributed by atoms with Crippen LogP contribution >= 0.6 is 0 Å². The molecule has 0 N–H and O–H groups in total. The summed E-state index contributed by atoms with van der Waals surface area (Å²) >= 11 is 0. The third-order valence-corrected chi connectivity index (χ3v) is 6.33. The summed E-state index contributed by atoms with van der Waals surface area (Å²) < 4.78 is 11.6. The van der Waals surface area contributed by atoms with Crippen molar-refractivity contribution in [3.8, 4) is 22.9 Å². The van der Waals surface area contributed by atoms with Crippen molar-refractivity contribution in [3.05, 3.63) is 36.7 Å². The number of aromatic nitrogens is 2. The molecule has 0 aliphatic heterocycles. The highest BCUT2D eigenvalue weighted by Crippen LogP contribution is 2.21. The van der Waals surface area contributed by atoms with Gasteiger partial charge in [0.2, 0.25) is 5.88 Å². The lowest BCUT2D eigenvalue weighted by Gasteiger charge is -2.09. The maximum absolute atomic E-state index is 5.91. The molecule has 184 valence electrons. The molecule has 0 aliphatic carbocycles. The molecule has 1 unspecified atom stereocenters. The molecule has 0 amide bonds. The fraction of sp³-hybridized carbons (Fsp3) is 0.655. The topological polar surface area (TPSA) is 44.2 Å². The SMILES string of the molecule is CCCCCCCCCCCCOc1ccc(-c2cnc(OCCCC(C)CC)cn2)cc1. The van der Waals surface area contributed by atoms with E-state index >= 15 is 0 Å². The second-order valence-corrected chi connectivity index (χ2v) is 9.30. The van der Waals surface area contributed by atoms with E-state index in [1.807, 2.05) is 24.3 Å². The van der Waals surface area contributed by atoms with Crippen LogP contribution in [0.15, 0.2) is 36.7 Å². The van der Waals surface area contributed by atoms with E-state index in [1.54, 1.807) is 12.4 Å². The fourth-order valence-corrected chi connectivity index (χ4v) is 3.85. The van der Waals surface area contributed by atoms with E-state index in [0.717, 1.165) is 42.4 Å². The van der Waals surface area contributed by atoms with Gasteiger partial charge in [-0.25, -0.2) is 9.97 Å². The Balaban J connectivity index is 1.58. The Kier molecular flexibility index (Phi) is 14.3. The van der Waals surface area contributed by atoms with E-state index in [0.29, 0.717) is 12.5 Å². The van der Waals surface area contributed by atoms with Gasteiger partial charge >= 0.3 is 0 Å². The number of ether oxygens (including phenoxy) is 2. The summed E-state index contributed by atoms with van der Waals surface area (Å²) in [5, 5.41) is 0. The van der Waals surface area contributed by atoms with Gasteiger partial charge in [0, 0.05) is 5.56 Å². The number of nitrogens with zero attached hydrogens (tertiary/aromatic N) is 2. The Bertz CT molecular complexity index is 715. The van der Waals surface area contributed by atoms with Crippen molar-refractivity contribution in [2.24, 2.45) is 5.92 Å². The molecule has 0 saturated heterocycles. The zero-order valence-electron chi connectivity index (χ0n) is 21.4. The summed E-state index contributed by atoms with van der Waals surface area (Å²) in [5.41, 5.74) is 1.89. The van der Waals surface area contributed by atoms with Crippen molar-refractivity contribution < 1.29 is 9.47 Å². The smallest absolute Gasteiger partial charge is 0.232 e. The molecule has 0 spiro atoms. The third-order valence-electron chi connectivity index (χ3n) is 6.33. The van der Waals surface area contributed by atoms with Gasteiger partial charge in [-0.3, -0.25) is 0 Å². The highest BCUT2D eigenvalue weighted by atomic mass is 16.5. The summed E-state index contributed by atoms with van der Waals surface area (Å²) in [4.78, 5) is 8.92. The molecule has 1 aromatic carbocycles. The molecule has 0 saturated carbocycles. The maximum atomic E-state index is 5.91. The second-order valence-electron chi connectivity index (χ2n) is 9.30. The lowest BCUT2D eigenvalue weighted by atomic mass is 10.0. The zero-order valence-corrected chi connectivity index (χ0v) is 21.4. The standard InChI is InChI=1S/C29H46N2O2/c1-4-6-7-8-9-10-11-12-13-14-21-32-27-19-17-26(18-20-27)28-23-31-29(24-30-28)33-22-15-16-25(3)5-2/h17-20,23-25H,4-16,21-22H2,1-3H3. The summed E-state index contributed by atoms with van der Waals surface area (Å²) in [6.45, 7) is 8.27. The molecule has 4 nitrogen and oxygen atoms in total. The van der Waals surface area contributed by atoms with Crippen LogP contribution in [0.2, 0.25) is 0 Å². The molecule has 4 heteroatoms. The van der Waals surface area contributed by atoms with Gasteiger partial charge in [0.1, 0.15) is 5.75 Å². The Hall–Kier alpha value is -2.10. The second kappa shape index (κ2) is 17.4. The summed E-state index contributed by atoms with van der Waals surface area (Å²) in [5.74, 6) is 2.27. The molecule has 0 fully saturated rings. The summed E-state index contributed by atoms with van der Waals surface area (Å²) in [6, 6.07) is 8.13. The van der Waals surface area contributed by atoms with Crippen LogP contribution in [0.4, 0.5) is 0 Å². The Morgan fingerprint density at radius 1 is 0.697 bits per heavy atom. The van der Waals surface area contributed by atoms with Crippen molar-refractivity contribution in [1.82, 2.24) is 9.97 Å². The first-order valence-electron chi connectivity index (χ1n) is 13.4. The first-order valence-corrected chi connectivity index (χ1v) is 13.4. The van der Waals surface area contributed by atoms with Gasteiger partial charge in [0.25, 0.3) is 0 Å². The molecular weight excluding hydrogens is 408 g/mol. The van der Waals surface area contributed by atoms with Crippen LogP contribution in [-0.2, 0) is 0 Å². The monoisotopic (exact) mass is 454 g/mol. The lowest BCUT2D eigenvalue weighted by molar-refractivity contribution is 0.283. The molecule has 2 rings (SSSR count). The molecule has 33 heavy (non-hydrogen) atoms. The van der Waals surface area contributed by atoms with Gasteiger partial charge in [0.15, 0.2) is 0 Å². The van der Waals surface area contributed by atoms with Crippen LogP contribution in [-0.4, -0.2) is 23.2 Å². The van der Waals surface area contributed by atoms with Crippen LogP contribution in [0.3, 0.4) is 0 Å². The van der Waals surface area contributed by atoms with Crippen LogP contribution in [0, 0.1) is 5.92 Å². The van der Waals surface area contributed by atoms with E-state index in [4.69, 9.17) is 9.47 Å². The van der Waals surface area contributed by atoms with Crippen molar-refractivity contribution in [3.63, 3.8) is 0 Å². The molecule has 0 aliphatic rings. The average molecular weight is 455 g/mol. The van der Waals surface area contributed by atoms with E-state index in [1.165, 1.54) is 70.6 Å². The van der Waals surface area contributed by atoms with Gasteiger partial charge in [0.05, 0.1) is 31.3 Å². The number of rotatable bonds is 19. The zero-order chi connectivity index (χ0) is 23.6. The number of benzene rings is 1. The van der Waals surface area contributed by atoms with Gasteiger partial charge in [-0.05, 0) is 49.4 Å². The minimum atomic E-state index is 0.597. The predicted molar refractivity (Wildman–Crippen MR) is 139 cm³/mol. The molecule has 0 radical (unpaired) electrons. The van der Waals surface area contributed by atoms with Gasteiger partial charge in [-0.15, -0.1) is 0 Å². The van der Waals surface area contributed by atoms with E-state index < -0.39 is 0 Å². The highest BCUT2D eigenvalue weighted by Gasteiger charge is 2.04. The molecule has 0 bridgehead atoms. The first-order chi connectivity index (χ1) is 16.2. The first kappa shape index (κ1) is 27.1. The predicted octanol–water partition coefficient (Wildman–Crippen LogP) is 8.65. The van der Waals surface area contributed by atoms with Gasteiger partial charge < -0.3 is 9.47 Å². The Labute approximate surface area is 202 Å². The molecule has 1 aromatic heterocycles. The van der Waals surface area contributed by atoms with Crippen LogP contribution < -0.4 is 9.47 Å². The third kappa shape index (κ3) is 12.1. The van der Waals surface area contributed by atoms with Crippen molar-refractivity contribution in [2.45, 2.75) is 104 Å². The Morgan fingerprint density at radius 3 is 1.94 bits per heavy atom. The quantitative estimate of drug-likeness (QED) is 0.199. The van der Waals surface area contributed by atoms with Gasteiger partial charge in [-0.1, -0.05) is 85.0 Å². The van der Waals surface area contributed by atoms with Crippen LogP contribution in [0.1, 0.15) is 104 Å². The highest BCUT2D eigenvalue weighted by molar-refractivity contribution is 5.59. The van der Waals surface area contributed by atoms with E-state index in [-0.39, 0.29) is 0 Å². The number of hydrogen-bond acceptors (Lipinski definition) is 4. The minimum Gasteiger partial charge on any atom is -0.494 e. The molecular formula is C29H46N2O2. The van der Waals surface area contributed by atoms with Crippen molar-refractivity contribution >= 4 is 0 Å². The van der Waals surface area contributed by atoms with E-state index in [9.17, 15) is 0 Å². The fourth-order valence-electron chi connectivity index (χ4n) is 3.85. The van der Waals surface area contributed by atoms with Crippen molar-refractivity contribution in [1.29, 1.82) is 0 Å². The average Bonchev–Trinajstić information content (AvgIpc) is 2.86. The van der Waals surface area contributed by atoms with Gasteiger partial charge in [-0.2, -0.15) is 0 Å². The van der Waals surface area contributed by atoms with Crippen molar-refractivity contribution in [2.75, 3.05) is 13.2 Å². The number of hydrogen-bond donors (Lipinski definition) is 0. The Morgan fingerprint density at radius 2 is 1.33 bits per heavy atom. The van der Waals surface area contributed by atoms with Crippen LogP contribution in [0.5, 0.6) is 11.6 Å². The maximum Gasteiger partial charge on any atom is 0.232 e. The van der Waals surface area contributed by atoms with E-state index in [2.05, 4.69) is 30.7 Å².